The third-order valence-electron chi connectivity index (χ3n) is 8.58. The van der Waals surface area contributed by atoms with Crippen LogP contribution in [0.15, 0.2) is 109 Å². The molecule has 2 aromatic heterocycles. The van der Waals surface area contributed by atoms with Crippen molar-refractivity contribution < 1.29 is 0 Å². The van der Waals surface area contributed by atoms with E-state index in [1.165, 1.54) is 74.7 Å². The topological polar surface area (TPSA) is 17.3 Å². The molecule has 0 saturated heterocycles. The minimum Gasteiger partial charge on any atom is -0.298 e. The lowest BCUT2D eigenvalue weighted by Crippen LogP contribution is -1.93. The quantitative estimate of drug-likeness (QED) is 0.178. The molecule has 2 heterocycles. The minimum absolute atomic E-state index is 0.980. The van der Waals surface area contributed by atoms with Crippen molar-refractivity contribution in [1.82, 2.24) is 9.38 Å². The van der Waals surface area contributed by atoms with Gasteiger partial charge in [0.25, 0.3) is 0 Å². The summed E-state index contributed by atoms with van der Waals surface area (Å²) in [5.41, 5.74) is 8.33. The molecule has 0 atom stereocenters. The summed E-state index contributed by atoms with van der Waals surface area (Å²) in [4.78, 5) is 5.32. The summed E-state index contributed by atoms with van der Waals surface area (Å²) < 4.78 is 2.32. The number of nitrogens with zero attached hydrogens (tertiary/aromatic N) is 2. The van der Waals surface area contributed by atoms with Gasteiger partial charge in [-0.2, -0.15) is 0 Å². The molecular formula is C39H36N2. The molecule has 5 aromatic carbocycles. The van der Waals surface area contributed by atoms with Crippen molar-refractivity contribution >= 4 is 38.0 Å². The van der Waals surface area contributed by atoms with Crippen LogP contribution in [0.2, 0.25) is 0 Å². The molecule has 0 aliphatic heterocycles. The van der Waals surface area contributed by atoms with Gasteiger partial charge in [0.05, 0.1) is 11.4 Å². The zero-order valence-electron chi connectivity index (χ0n) is 24.0. The number of benzene rings is 5. The average molecular weight is 533 g/mol. The molecule has 0 spiro atoms. The third-order valence-corrected chi connectivity index (χ3v) is 8.58. The van der Waals surface area contributed by atoms with E-state index in [0.29, 0.717) is 0 Å². The lowest BCUT2D eigenvalue weighted by Gasteiger charge is -2.12. The summed E-state index contributed by atoms with van der Waals surface area (Å²) >= 11 is 0. The Bertz CT molecular complexity index is 1990. The first kappa shape index (κ1) is 25.5. The normalized spacial score (nSPS) is 11.8. The third kappa shape index (κ3) is 4.58. The molecule has 2 heteroatoms. The molecule has 2 nitrogen and oxygen atoms in total. The number of aromatic nitrogens is 2. The molecule has 7 rings (SSSR count). The second kappa shape index (κ2) is 10.9. The fraction of sp³-hybridized carbons (Fsp3) is 0.205. The molecule has 0 saturated carbocycles. The Morgan fingerprint density at radius 3 is 1.56 bits per heavy atom. The number of fused-ring (bicyclic) bond motifs is 7. The van der Waals surface area contributed by atoms with Crippen LogP contribution in [0.4, 0.5) is 0 Å². The monoisotopic (exact) mass is 532 g/mol. The van der Waals surface area contributed by atoms with Crippen LogP contribution in [0.25, 0.3) is 60.5 Å². The van der Waals surface area contributed by atoms with E-state index in [9.17, 15) is 0 Å². The highest BCUT2D eigenvalue weighted by atomic mass is 15.0. The molecule has 0 amide bonds. The maximum atomic E-state index is 5.32. The van der Waals surface area contributed by atoms with E-state index < -0.39 is 0 Å². The Balaban J connectivity index is 1.50. The van der Waals surface area contributed by atoms with Gasteiger partial charge in [0, 0.05) is 22.7 Å². The van der Waals surface area contributed by atoms with E-state index in [1.807, 2.05) is 0 Å². The van der Waals surface area contributed by atoms with Gasteiger partial charge in [-0.25, -0.2) is 4.98 Å². The lowest BCUT2D eigenvalue weighted by molar-refractivity contribution is 0.795. The first-order chi connectivity index (χ1) is 20.2. The van der Waals surface area contributed by atoms with Gasteiger partial charge in [0.1, 0.15) is 5.65 Å². The number of hydrogen-bond donors (Lipinski definition) is 0. The second-order valence-electron chi connectivity index (χ2n) is 11.3. The van der Waals surface area contributed by atoms with Crippen molar-refractivity contribution in [2.45, 2.75) is 52.4 Å². The maximum Gasteiger partial charge on any atom is 0.138 e. The molecule has 0 aliphatic rings. The standard InChI is InChI=1S/C39H36N2/c1-3-5-11-27-17-21-29(22-18-27)38-39(30-23-19-28(20-24-30)12-6-4-2)41-26-36-34-16-10-8-14-32(34)31-13-7-9-15-33(31)35(36)25-37(41)40-38/h7-10,13-26H,3-6,11-12H2,1-2H3. The van der Waals surface area contributed by atoms with Crippen LogP contribution in [0, 0.1) is 0 Å². The molecule has 0 bridgehead atoms. The summed E-state index contributed by atoms with van der Waals surface area (Å²) in [6.07, 6.45) is 9.44. The fourth-order valence-electron chi connectivity index (χ4n) is 6.33. The van der Waals surface area contributed by atoms with E-state index >= 15 is 0 Å². The first-order valence-electron chi connectivity index (χ1n) is 15.2. The molecular weight excluding hydrogens is 496 g/mol. The van der Waals surface area contributed by atoms with Crippen molar-refractivity contribution in [3.05, 3.63) is 120 Å². The van der Waals surface area contributed by atoms with Gasteiger partial charge in [-0.1, -0.05) is 124 Å². The molecule has 0 aliphatic carbocycles. The minimum atomic E-state index is 0.980. The van der Waals surface area contributed by atoms with Crippen molar-refractivity contribution in [2.75, 3.05) is 0 Å². The van der Waals surface area contributed by atoms with Gasteiger partial charge >= 0.3 is 0 Å². The Hall–Kier alpha value is -4.43. The number of hydrogen-bond acceptors (Lipinski definition) is 1. The summed E-state index contributed by atoms with van der Waals surface area (Å²) in [7, 11) is 0. The van der Waals surface area contributed by atoms with E-state index in [0.717, 1.165) is 35.4 Å². The van der Waals surface area contributed by atoms with Gasteiger partial charge in [0.2, 0.25) is 0 Å². The van der Waals surface area contributed by atoms with Gasteiger partial charge in [-0.15, -0.1) is 0 Å². The predicted octanol–water partition coefficient (Wildman–Crippen LogP) is 10.8. The van der Waals surface area contributed by atoms with E-state index in [2.05, 4.69) is 128 Å². The van der Waals surface area contributed by atoms with Crippen molar-refractivity contribution in [2.24, 2.45) is 0 Å². The Morgan fingerprint density at radius 2 is 1.02 bits per heavy atom. The highest BCUT2D eigenvalue weighted by Gasteiger charge is 2.18. The van der Waals surface area contributed by atoms with Crippen molar-refractivity contribution in [1.29, 1.82) is 0 Å². The molecule has 202 valence electrons. The van der Waals surface area contributed by atoms with Crippen LogP contribution in [0.3, 0.4) is 0 Å². The number of imidazole rings is 1. The molecule has 0 N–H and O–H groups in total. The fourth-order valence-corrected chi connectivity index (χ4v) is 6.33. The van der Waals surface area contributed by atoms with E-state index in [-0.39, 0.29) is 0 Å². The lowest BCUT2D eigenvalue weighted by atomic mass is 9.95. The Kier molecular flexibility index (Phi) is 6.76. The van der Waals surface area contributed by atoms with Crippen molar-refractivity contribution in [3.63, 3.8) is 0 Å². The Morgan fingerprint density at radius 1 is 0.537 bits per heavy atom. The predicted molar refractivity (Wildman–Crippen MR) is 176 cm³/mol. The van der Waals surface area contributed by atoms with Gasteiger partial charge in [-0.3, -0.25) is 4.40 Å². The number of pyridine rings is 1. The van der Waals surface area contributed by atoms with Crippen LogP contribution in [0.5, 0.6) is 0 Å². The van der Waals surface area contributed by atoms with Gasteiger partial charge < -0.3 is 0 Å². The molecule has 7 aromatic rings. The average Bonchev–Trinajstić information content (AvgIpc) is 3.41. The highest BCUT2D eigenvalue weighted by Crippen LogP contribution is 2.39. The zero-order chi connectivity index (χ0) is 27.8. The van der Waals surface area contributed by atoms with Crippen LogP contribution in [0.1, 0.15) is 50.7 Å². The van der Waals surface area contributed by atoms with Crippen molar-refractivity contribution in [3.8, 4) is 22.5 Å². The smallest absolute Gasteiger partial charge is 0.138 e. The van der Waals surface area contributed by atoms with Crippen LogP contribution >= 0.6 is 0 Å². The molecule has 0 unspecified atom stereocenters. The molecule has 0 radical (unpaired) electrons. The van der Waals surface area contributed by atoms with Gasteiger partial charge in [-0.05, 0) is 69.8 Å². The maximum absolute atomic E-state index is 5.32. The summed E-state index contributed by atoms with van der Waals surface area (Å²) in [6, 6.07) is 38.1. The molecule has 41 heavy (non-hydrogen) atoms. The SMILES string of the molecule is CCCCc1ccc(-c2nc3cc4c5ccccc5c5ccccc5c4cn3c2-c2ccc(CCCC)cc2)cc1. The first-order valence-corrected chi connectivity index (χ1v) is 15.2. The van der Waals surface area contributed by atoms with E-state index in [1.54, 1.807) is 0 Å². The number of rotatable bonds is 8. The van der Waals surface area contributed by atoms with Crippen LogP contribution in [-0.4, -0.2) is 9.38 Å². The van der Waals surface area contributed by atoms with Gasteiger partial charge in [0.15, 0.2) is 0 Å². The molecule has 0 fully saturated rings. The number of unbranched alkanes of at least 4 members (excludes halogenated alkanes) is 2. The second-order valence-corrected chi connectivity index (χ2v) is 11.3. The highest BCUT2D eigenvalue weighted by molar-refractivity contribution is 6.25. The van der Waals surface area contributed by atoms with Crippen LogP contribution in [-0.2, 0) is 12.8 Å². The van der Waals surface area contributed by atoms with Crippen LogP contribution < -0.4 is 0 Å². The Labute approximate surface area is 242 Å². The zero-order valence-corrected chi connectivity index (χ0v) is 24.0. The largest absolute Gasteiger partial charge is 0.298 e. The summed E-state index contributed by atoms with van der Waals surface area (Å²) in [5.74, 6) is 0. The summed E-state index contributed by atoms with van der Waals surface area (Å²) in [5, 5.41) is 7.64. The van der Waals surface area contributed by atoms with E-state index in [4.69, 9.17) is 4.98 Å². The number of aryl methyl sites for hydroxylation is 2. The summed E-state index contributed by atoms with van der Waals surface area (Å²) in [6.45, 7) is 4.51.